The van der Waals surface area contributed by atoms with E-state index in [2.05, 4.69) is 48.8 Å². The zero-order chi connectivity index (χ0) is 32.1. The van der Waals surface area contributed by atoms with Crippen LogP contribution >= 0.6 is 7.82 Å². The number of benzene rings is 1. The summed E-state index contributed by atoms with van der Waals surface area (Å²) in [5.41, 5.74) is 6.78. The van der Waals surface area contributed by atoms with E-state index in [0.29, 0.717) is 45.0 Å². The number of pyridine rings is 4. The first-order valence-corrected chi connectivity index (χ1v) is 15.8. The number of aromatic nitrogens is 4. The molecule has 0 aliphatic rings. The molecular formula is C33H37N6O5PZn2. The van der Waals surface area contributed by atoms with Gasteiger partial charge < -0.3 is 19.8 Å². The molecule has 0 amide bonds. The van der Waals surface area contributed by atoms with Crippen LogP contribution in [0.2, 0.25) is 0 Å². The van der Waals surface area contributed by atoms with Crippen LogP contribution in [0.4, 0.5) is 0 Å². The van der Waals surface area contributed by atoms with Gasteiger partial charge >= 0.3 is 7.82 Å². The third kappa shape index (κ3) is 15.1. The average Bonchev–Trinajstić information content (AvgIpc) is 3.01. The first kappa shape index (κ1) is 40.1. The number of phenolic OH excluding ortho intramolecular Hbond substituents is 1. The van der Waals surface area contributed by atoms with E-state index in [9.17, 15) is 5.11 Å². The first-order chi connectivity index (χ1) is 21.6. The van der Waals surface area contributed by atoms with Gasteiger partial charge in [-0.2, -0.15) is 0 Å². The summed E-state index contributed by atoms with van der Waals surface area (Å²) in [7, 11) is -4.64. The number of aryl methyl sites for hydroxylation is 1. The van der Waals surface area contributed by atoms with E-state index in [0.717, 1.165) is 39.5 Å². The fraction of sp³-hybridized carbons (Fsp3) is 0.212. The van der Waals surface area contributed by atoms with E-state index < -0.39 is 7.82 Å². The zero-order valence-corrected chi connectivity index (χ0v) is 33.2. The van der Waals surface area contributed by atoms with E-state index in [1.165, 1.54) is 0 Å². The quantitative estimate of drug-likeness (QED) is 0.103. The molecule has 4 aromatic heterocycles. The van der Waals surface area contributed by atoms with Crippen LogP contribution in [0.25, 0.3) is 0 Å². The van der Waals surface area contributed by atoms with Crippen molar-refractivity contribution in [1.29, 1.82) is 0 Å². The minimum atomic E-state index is -4.64. The fourth-order valence-corrected chi connectivity index (χ4v) is 4.88. The van der Waals surface area contributed by atoms with Crippen molar-refractivity contribution in [2.75, 3.05) is 0 Å². The number of phosphoric acid groups is 1. The second-order valence-corrected chi connectivity index (χ2v) is 11.5. The third-order valence-electron chi connectivity index (χ3n) is 6.65. The number of nitrogens with zero attached hydrogens (tertiary/aromatic N) is 6. The van der Waals surface area contributed by atoms with Crippen LogP contribution in [0.3, 0.4) is 0 Å². The van der Waals surface area contributed by atoms with Crippen molar-refractivity contribution in [3.63, 3.8) is 0 Å². The monoisotopic (exact) mass is 756 g/mol. The molecule has 47 heavy (non-hydrogen) atoms. The molecule has 0 saturated carbocycles. The molecule has 0 aliphatic carbocycles. The second kappa shape index (κ2) is 20.3. The van der Waals surface area contributed by atoms with Crippen LogP contribution in [-0.4, -0.2) is 49.5 Å². The summed E-state index contributed by atoms with van der Waals surface area (Å²) in [5, 5.41) is 11.6. The molecule has 5 aromatic rings. The SMILES string of the molecule is Cc1cc(CN(Cc2ccccn2)Cc2ccccn2)c(O)c(CN(Cc2ccccn2)Cc2ccccn2)c1.O=P(O)(O)O.[Zn].[Zn]. The Labute approximate surface area is 300 Å². The van der Waals surface area contributed by atoms with Gasteiger partial charge in [0, 0.05) is 114 Å². The Morgan fingerprint density at radius 2 is 0.830 bits per heavy atom. The molecule has 0 atom stereocenters. The third-order valence-corrected chi connectivity index (χ3v) is 6.65. The smallest absolute Gasteiger partial charge is 0.466 e. The summed E-state index contributed by atoms with van der Waals surface area (Å²) in [6.45, 7) is 5.78. The maximum atomic E-state index is 11.6. The summed E-state index contributed by atoms with van der Waals surface area (Å²) in [6, 6.07) is 28.0. The summed E-state index contributed by atoms with van der Waals surface area (Å²) in [4.78, 5) is 44.2. The summed E-state index contributed by atoms with van der Waals surface area (Å²) < 4.78 is 8.88. The molecule has 4 heterocycles. The first-order valence-electron chi connectivity index (χ1n) is 14.3. The van der Waals surface area contributed by atoms with E-state index in [1.807, 2.05) is 97.6 Å². The van der Waals surface area contributed by atoms with E-state index >= 15 is 0 Å². The Morgan fingerprint density at radius 1 is 0.553 bits per heavy atom. The van der Waals surface area contributed by atoms with Gasteiger partial charge in [-0.1, -0.05) is 42.0 Å². The minimum Gasteiger partial charge on any atom is -0.507 e. The second-order valence-electron chi connectivity index (χ2n) is 10.5. The predicted octanol–water partition coefficient (Wildman–Crippen LogP) is 4.75. The van der Waals surface area contributed by atoms with Gasteiger partial charge in [0.2, 0.25) is 0 Å². The molecule has 0 bridgehead atoms. The van der Waals surface area contributed by atoms with Gasteiger partial charge in [-0.3, -0.25) is 29.7 Å². The van der Waals surface area contributed by atoms with Gasteiger partial charge in [0.15, 0.2) is 0 Å². The topological polar surface area (TPSA) is 156 Å². The molecule has 0 saturated heterocycles. The van der Waals surface area contributed by atoms with Gasteiger partial charge in [0.25, 0.3) is 0 Å². The average molecular weight is 759 g/mol. The zero-order valence-electron chi connectivity index (χ0n) is 26.4. The van der Waals surface area contributed by atoms with Crippen LogP contribution in [-0.2, 0) is 82.8 Å². The maximum absolute atomic E-state index is 11.6. The van der Waals surface area contributed by atoms with E-state index in [4.69, 9.17) is 19.2 Å². The molecule has 14 heteroatoms. The Balaban J connectivity index is 0.00000102. The fourth-order valence-electron chi connectivity index (χ4n) is 4.88. The number of rotatable bonds is 12. The van der Waals surface area contributed by atoms with Gasteiger partial charge in [0.1, 0.15) is 5.75 Å². The Bertz CT molecular complexity index is 1460. The number of hydrogen-bond acceptors (Lipinski definition) is 8. The van der Waals surface area contributed by atoms with Crippen molar-refractivity contribution < 1.29 is 63.3 Å². The van der Waals surface area contributed by atoms with Crippen molar-refractivity contribution in [3.05, 3.63) is 149 Å². The van der Waals surface area contributed by atoms with Crippen molar-refractivity contribution >= 4 is 7.82 Å². The van der Waals surface area contributed by atoms with Crippen LogP contribution in [0.1, 0.15) is 39.5 Å². The van der Waals surface area contributed by atoms with Crippen LogP contribution in [0.5, 0.6) is 5.75 Å². The summed E-state index contributed by atoms with van der Waals surface area (Å²) in [6.07, 6.45) is 7.26. The molecular weight excluding hydrogens is 722 g/mol. The van der Waals surface area contributed by atoms with Crippen molar-refractivity contribution in [3.8, 4) is 5.75 Å². The van der Waals surface area contributed by atoms with Crippen molar-refractivity contribution in [2.24, 2.45) is 0 Å². The molecule has 0 aliphatic heterocycles. The van der Waals surface area contributed by atoms with Crippen molar-refractivity contribution in [1.82, 2.24) is 29.7 Å². The molecule has 1 aromatic carbocycles. The van der Waals surface area contributed by atoms with Crippen LogP contribution in [0.15, 0.2) is 110 Å². The Hall–Kier alpha value is -3.10. The van der Waals surface area contributed by atoms with Gasteiger partial charge in [-0.05, 0) is 55.5 Å². The molecule has 11 nitrogen and oxygen atoms in total. The summed E-state index contributed by atoms with van der Waals surface area (Å²) >= 11 is 0. The Morgan fingerprint density at radius 3 is 1.06 bits per heavy atom. The number of aromatic hydroxyl groups is 1. The Kier molecular flexibility index (Phi) is 17.3. The van der Waals surface area contributed by atoms with Gasteiger partial charge in [-0.25, -0.2) is 4.57 Å². The van der Waals surface area contributed by atoms with Gasteiger partial charge in [-0.15, -0.1) is 0 Å². The van der Waals surface area contributed by atoms with E-state index in [1.54, 1.807) is 0 Å². The largest absolute Gasteiger partial charge is 0.507 e. The minimum absolute atomic E-state index is 0. The maximum Gasteiger partial charge on any atom is 0.466 e. The van der Waals surface area contributed by atoms with Crippen LogP contribution < -0.4 is 0 Å². The molecule has 238 valence electrons. The molecule has 0 spiro atoms. The summed E-state index contributed by atoms with van der Waals surface area (Å²) in [5.74, 6) is 0.324. The number of phenols is 1. The molecule has 0 unspecified atom stereocenters. The molecule has 0 fully saturated rings. The van der Waals surface area contributed by atoms with Crippen LogP contribution in [0, 0.1) is 6.92 Å². The van der Waals surface area contributed by atoms with Gasteiger partial charge in [0.05, 0.1) is 22.8 Å². The molecule has 4 N–H and O–H groups in total. The molecule has 5 rings (SSSR count). The normalized spacial score (nSPS) is 10.9. The predicted molar refractivity (Wildman–Crippen MR) is 170 cm³/mol. The van der Waals surface area contributed by atoms with Crippen molar-refractivity contribution in [2.45, 2.75) is 46.2 Å². The number of hydrogen-bond donors (Lipinski definition) is 4. The standard InChI is InChI=1S/C33H34N6O.H3O4P.2Zn/c1-26-18-27(20-38(22-29-10-2-6-14-34-29)23-30-11-3-7-15-35-30)33(40)28(19-26)21-39(24-31-12-4-8-16-36-31)25-32-13-5-9-17-37-32;1-5(2,3)4;;/h2-19,40H,20-25H2,1H3;(H3,1,2,3,4);;. The van der Waals surface area contributed by atoms with E-state index in [-0.39, 0.29) is 39.0 Å². The molecule has 0 radical (unpaired) electrons.